The van der Waals surface area contributed by atoms with Crippen LogP contribution in [0.25, 0.3) is 11.0 Å². The number of aliphatic hydroxyl groups excluding tert-OH is 2. The molecule has 0 aliphatic carbocycles. The first-order chi connectivity index (χ1) is 11.1. The van der Waals surface area contributed by atoms with Gasteiger partial charge in [0.05, 0.1) is 12.2 Å². The highest BCUT2D eigenvalue weighted by Crippen LogP contribution is 2.26. The van der Waals surface area contributed by atoms with Crippen LogP contribution < -0.4 is 10.9 Å². The van der Waals surface area contributed by atoms with Gasteiger partial charge in [0, 0.05) is 24.5 Å². The van der Waals surface area contributed by atoms with Gasteiger partial charge in [0.2, 0.25) is 0 Å². The van der Waals surface area contributed by atoms with Crippen LogP contribution >= 0.6 is 0 Å². The van der Waals surface area contributed by atoms with Crippen LogP contribution in [0.5, 0.6) is 0 Å². The summed E-state index contributed by atoms with van der Waals surface area (Å²) in [5.74, 6) is 6.50. The summed E-state index contributed by atoms with van der Waals surface area (Å²) < 4.78 is 0. The van der Waals surface area contributed by atoms with Crippen molar-refractivity contribution in [3.8, 4) is 0 Å². The third-order valence-corrected chi connectivity index (χ3v) is 3.61. The van der Waals surface area contributed by atoms with Crippen LogP contribution in [0.15, 0.2) is 29.3 Å². The topological polar surface area (TPSA) is 147 Å². The maximum absolute atomic E-state index is 10.1. The molecule has 23 heavy (non-hydrogen) atoms. The number of nitrogens with zero attached hydrogens (tertiary/aromatic N) is 5. The van der Waals surface area contributed by atoms with Crippen LogP contribution in [0.2, 0.25) is 0 Å². The van der Waals surface area contributed by atoms with Crippen molar-refractivity contribution in [2.24, 2.45) is 10.8 Å². The molecule has 0 radical (unpaired) electrons. The lowest BCUT2D eigenvalue weighted by Gasteiger charge is -2.27. The highest BCUT2D eigenvalue weighted by atomic mass is 16.5. The molecular formula is C13H17N7O3. The Morgan fingerprint density at radius 3 is 2.91 bits per heavy atom. The van der Waals surface area contributed by atoms with Crippen molar-refractivity contribution in [3.05, 3.63) is 29.9 Å². The van der Waals surface area contributed by atoms with E-state index in [2.05, 4.69) is 19.9 Å². The molecule has 2 aromatic heterocycles. The Morgan fingerprint density at radius 2 is 2.22 bits per heavy atom. The van der Waals surface area contributed by atoms with E-state index >= 15 is 0 Å². The average Bonchev–Trinajstić information content (AvgIpc) is 3.00. The molecule has 0 saturated carbocycles. The number of aromatic amines is 1. The van der Waals surface area contributed by atoms with Gasteiger partial charge >= 0.3 is 0 Å². The summed E-state index contributed by atoms with van der Waals surface area (Å²) in [5, 5.41) is 31.2. The van der Waals surface area contributed by atoms with Gasteiger partial charge in [0.15, 0.2) is 17.9 Å². The van der Waals surface area contributed by atoms with Gasteiger partial charge in [-0.25, -0.2) is 25.9 Å². The fourth-order valence-corrected chi connectivity index (χ4v) is 2.32. The number of fused-ring (bicyclic) bond motifs is 1. The molecule has 3 heterocycles. The second-order valence-corrected chi connectivity index (χ2v) is 4.94. The van der Waals surface area contributed by atoms with E-state index in [-0.39, 0.29) is 11.4 Å². The van der Waals surface area contributed by atoms with Gasteiger partial charge in [0.1, 0.15) is 17.4 Å². The maximum Gasteiger partial charge on any atom is 0.178 e. The number of hydrogen-bond acceptors (Lipinski definition) is 9. The molecule has 10 heteroatoms. The second kappa shape index (κ2) is 5.93. The summed E-state index contributed by atoms with van der Waals surface area (Å²) >= 11 is 0. The lowest BCUT2D eigenvalue weighted by molar-refractivity contribution is -0.124. The van der Waals surface area contributed by atoms with E-state index in [0.29, 0.717) is 34.0 Å². The normalized spacial score (nSPS) is 18.1. The van der Waals surface area contributed by atoms with Crippen molar-refractivity contribution in [2.75, 3.05) is 18.2 Å². The second-order valence-electron chi connectivity index (χ2n) is 4.94. The summed E-state index contributed by atoms with van der Waals surface area (Å²) in [7, 11) is 0. The van der Waals surface area contributed by atoms with Crippen molar-refractivity contribution in [2.45, 2.75) is 13.2 Å². The molecule has 0 bridgehead atoms. The first-order valence-electron chi connectivity index (χ1n) is 6.97. The SMILES string of the molecule is CCN(N)c1ncnc2c(C3=NC=C(CO)C(O)N3O)c[nH]c12. The van der Waals surface area contributed by atoms with Crippen molar-refractivity contribution in [1.29, 1.82) is 0 Å². The molecule has 1 unspecified atom stereocenters. The molecule has 0 amide bonds. The highest BCUT2D eigenvalue weighted by Gasteiger charge is 2.28. The molecule has 2 aromatic rings. The van der Waals surface area contributed by atoms with Gasteiger partial charge < -0.3 is 15.2 Å². The van der Waals surface area contributed by atoms with E-state index < -0.39 is 12.8 Å². The maximum atomic E-state index is 10.1. The molecule has 3 rings (SSSR count). The van der Waals surface area contributed by atoms with Crippen LogP contribution in [0.3, 0.4) is 0 Å². The Balaban J connectivity index is 2.12. The van der Waals surface area contributed by atoms with E-state index in [0.717, 1.165) is 0 Å². The first-order valence-corrected chi connectivity index (χ1v) is 6.97. The van der Waals surface area contributed by atoms with Crippen LogP contribution in [-0.2, 0) is 0 Å². The number of rotatable bonds is 4. The fourth-order valence-electron chi connectivity index (χ4n) is 2.32. The number of anilines is 1. The van der Waals surface area contributed by atoms with Crippen LogP contribution in [0, 0.1) is 0 Å². The number of hydroxylamine groups is 2. The summed E-state index contributed by atoms with van der Waals surface area (Å²) in [4.78, 5) is 15.4. The van der Waals surface area contributed by atoms with Gasteiger partial charge in [-0.05, 0) is 6.92 Å². The Labute approximate surface area is 131 Å². The van der Waals surface area contributed by atoms with Crippen LogP contribution in [0.4, 0.5) is 5.82 Å². The monoisotopic (exact) mass is 319 g/mol. The van der Waals surface area contributed by atoms with Crippen molar-refractivity contribution in [1.82, 2.24) is 20.0 Å². The number of hydrogen-bond donors (Lipinski definition) is 5. The number of amidine groups is 1. The van der Waals surface area contributed by atoms with E-state index in [9.17, 15) is 10.3 Å². The molecule has 0 fully saturated rings. The first kappa shape index (κ1) is 15.4. The lowest BCUT2D eigenvalue weighted by atomic mass is 10.2. The summed E-state index contributed by atoms with van der Waals surface area (Å²) in [6.45, 7) is 2.03. The summed E-state index contributed by atoms with van der Waals surface area (Å²) in [6.07, 6.45) is 2.90. The molecular weight excluding hydrogens is 302 g/mol. The molecule has 1 aliphatic heterocycles. The number of aromatic nitrogens is 3. The molecule has 122 valence electrons. The van der Waals surface area contributed by atoms with Crippen molar-refractivity contribution < 1.29 is 15.4 Å². The standard InChI is InChI=1S/C13H17N7O3/c1-2-19(14)12-10-9(17-6-18-12)8(4-15-10)11-16-3-7(5-21)13(22)20(11)23/h3-4,6,13,15,21-23H,2,5,14H2,1H3. The van der Waals surface area contributed by atoms with E-state index in [1.165, 1.54) is 17.5 Å². The zero-order valence-electron chi connectivity index (χ0n) is 12.4. The number of aliphatic hydroxyl groups is 2. The Bertz CT molecular complexity index is 785. The van der Waals surface area contributed by atoms with E-state index in [4.69, 9.17) is 10.9 Å². The zero-order valence-corrected chi connectivity index (χ0v) is 12.4. The Hall–Kier alpha value is -2.53. The van der Waals surface area contributed by atoms with Gasteiger partial charge in [-0.15, -0.1) is 0 Å². The largest absolute Gasteiger partial charge is 0.392 e. The Morgan fingerprint density at radius 1 is 1.43 bits per heavy atom. The molecule has 1 atom stereocenters. The number of nitrogens with one attached hydrogen (secondary N) is 1. The lowest BCUT2D eigenvalue weighted by Crippen LogP contribution is -2.42. The quantitative estimate of drug-likeness (QED) is 0.367. The average molecular weight is 319 g/mol. The third-order valence-electron chi connectivity index (χ3n) is 3.61. The third kappa shape index (κ3) is 2.43. The van der Waals surface area contributed by atoms with Crippen molar-refractivity contribution >= 4 is 22.7 Å². The zero-order chi connectivity index (χ0) is 16.6. The number of nitrogens with two attached hydrogens (primary N) is 1. The minimum Gasteiger partial charge on any atom is -0.392 e. The predicted octanol–water partition coefficient (Wildman–Crippen LogP) is -0.696. The number of hydrazine groups is 1. The molecule has 10 nitrogen and oxygen atoms in total. The molecule has 0 aromatic carbocycles. The van der Waals surface area contributed by atoms with E-state index in [1.54, 1.807) is 6.20 Å². The number of aliphatic imine (C=N–C) groups is 1. The smallest absolute Gasteiger partial charge is 0.178 e. The molecule has 0 spiro atoms. The van der Waals surface area contributed by atoms with E-state index in [1.807, 2.05) is 6.92 Å². The highest BCUT2D eigenvalue weighted by molar-refractivity contribution is 6.10. The summed E-state index contributed by atoms with van der Waals surface area (Å²) in [6, 6.07) is 0. The minimum atomic E-state index is -1.37. The van der Waals surface area contributed by atoms with Crippen molar-refractivity contribution in [3.63, 3.8) is 0 Å². The molecule has 1 aliphatic rings. The molecule has 0 saturated heterocycles. The Kier molecular flexibility index (Phi) is 3.96. The molecule has 6 N–H and O–H groups in total. The fraction of sp³-hybridized carbons (Fsp3) is 0.308. The number of H-pyrrole nitrogens is 1. The van der Waals surface area contributed by atoms with Gasteiger partial charge in [-0.3, -0.25) is 10.2 Å². The van der Waals surface area contributed by atoms with Crippen LogP contribution in [-0.4, -0.2) is 60.7 Å². The van der Waals surface area contributed by atoms with Gasteiger partial charge in [0.25, 0.3) is 0 Å². The minimum absolute atomic E-state index is 0.102. The van der Waals surface area contributed by atoms with Gasteiger partial charge in [-0.2, -0.15) is 0 Å². The summed E-state index contributed by atoms with van der Waals surface area (Å²) in [5.41, 5.74) is 1.76. The van der Waals surface area contributed by atoms with Crippen LogP contribution in [0.1, 0.15) is 12.5 Å². The van der Waals surface area contributed by atoms with Gasteiger partial charge in [-0.1, -0.05) is 0 Å². The predicted molar refractivity (Wildman–Crippen MR) is 82.4 cm³/mol.